The van der Waals surface area contributed by atoms with E-state index in [-0.39, 0.29) is 23.9 Å². The predicted molar refractivity (Wildman–Crippen MR) is 46.1 cm³/mol. The summed E-state index contributed by atoms with van der Waals surface area (Å²) in [7, 11) is 0. The fourth-order valence-corrected chi connectivity index (χ4v) is 0.683. The van der Waals surface area contributed by atoms with Crippen LogP contribution in [0.1, 0.15) is 27.7 Å². The molecule has 0 aliphatic heterocycles. The molecule has 3 nitrogen and oxygen atoms in total. The van der Waals surface area contributed by atoms with Crippen LogP contribution in [0.25, 0.3) is 0 Å². The van der Waals surface area contributed by atoms with Crippen LogP contribution >= 0.6 is 0 Å². The smallest absolute Gasteiger partial charge is 0.237 e. The Morgan fingerprint density at radius 1 is 1.27 bits per heavy atom. The highest BCUT2D eigenvalue weighted by atomic mass is 16.2. The van der Waals surface area contributed by atoms with Crippen molar-refractivity contribution in [2.75, 3.05) is 0 Å². The van der Waals surface area contributed by atoms with Gasteiger partial charge >= 0.3 is 0 Å². The minimum absolute atomic E-state index is 0.0602. The third kappa shape index (κ3) is 3.98. The number of hydrogen-bond acceptors (Lipinski definition) is 2. The van der Waals surface area contributed by atoms with Crippen molar-refractivity contribution >= 4 is 5.91 Å². The lowest BCUT2D eigenvalue weighted by molar-refractivity contribution is -0.123. The van der Waals surface area contributed by atoms with Crippen LogP contribution in [0, 0.1) is 5.92 Å². The van der Waals surface area contributed by atoms with E-state index in [1.165, 1.54) is 0 Å². The maximum Gasteiger partial charge on any atom is 0.237 e. The van der Waals surface area contributed by atoms with Crippen molar-refractivity contribution in [2.24, 2.45) is 11.7 Å². The maximum absolute atomic E-state index is 11.2. The highest BCUT2D eigenvalue weighted by Crippen LogP contribution is 1.97. The van der Waals surface area contributed by atoms with Gasteiger partial charge in [0, 0.05) is 6.04 Å². The molecule has 0 aromatic heterocycles. The zero-order valence-corrected chi connectivity index (χ0v) is 7.72. The van der Waals surface area contributed by atoms with Crippen LogP contribution in [-0.4, -0.2) is 18.0 Å². The first-order chi connectivity index (χ1) is 4.95. The Bertz CT molecular complexity index is 132. The van der Waals surface area contributed by atoms with Gasteiger partial charge in [0.1, 0.15) is 0 Å². The molecule has 0 aliphatic rings. The van der Waals surface area contributed by atoms with Crippen LogP contribution in [0.15, 0.2) is 0 Å². The molecule has 0 fully saturated rings. The molecule has 0 aliphatic carbocycles. The summed E-state index contributed by atoms with van der Waals surface area (Å²) in [6.07, 6.45) is 0. The lowest BCUT2D eigenvalue weighted by Crippen LogP contribution is -2.46. The summed E-state index contributed by atoms with van der Waals surface area (Å²) >= 11 is 0. The van der Waals surface area contributed by atoms with Crippen LogP contribution in [0.4, 0.5) is 0 Å². The highest BCUT2D eigenvalue weighted by molar-refractivity contribution is 5.81. The van der Waals surface area contributed by atoms with Gasteiger partial charge in [-0.2, -0.15) is 0 Å². The summed E-state index contributed by atoms with van der Waals surface area (Å²) in [5, 5.41) is 2.76. The van der Waals surface area contributed by atoms with Crippen LogP contribution in [0.2, 0.25) is 0 Å². The average Bonchev–Trinajstić information content (AvgIpc) is 1.84. The van der Waals surface area contributed by atoms with E-state index in [2.05, 4.69) is 5.32 Å². The van der Waals surface area contributed by atoms with Crippen molar-refractivity contribution in [3.8, 4) is 0 Å². The van der Waals surface area contributed by atoms with Gasteiger partial charge < -0.3 is 11.1 Å². The lowest BCUT2D eigenvalue weighted by Gasteiger charge is -2.16. The fourth-order valence-electron chi connectivity index (χ4n) is 0.683. The van der Waals surface area contributed by atoms with Crippen molar-refractivity contribution in [3.63, 3.8) is 0 Å². The van der Waals surface area contributed by atoms with E-state index >= 15 is 0 Å². The van der Waals surface area contributed by atoms with Gasteiger partial charge in [0.25, 0.3) is 0 Å². The van der Waals surface area contributed by atoms with Crippen molar-refractivity contribution in [3.05, 3.63) is 0 Å². The van der Waals surface area contributed by atoms with Gasteiger partial charge in [-0.05, 0) is 19.8 Å². The molecule has 3 N–H and O–H groups in total. The molecular weight excluding hydrogens is 140 g/mol. The Morgan fingerprint density at radius 3 is 2.00 bits per heavy atom. The Balaban J connectivity index is 3.83. The quantitative estimate of drug-likeness (QED) is 0.628. The Hall–Kier alpha value is -0.570. The van der Waals surface area contributed by atoms with E-state index in [0.29, 0.717) is 0 Å². The molecule has 1 unspecified atom stereocenters. The molecular formula is C8H18N2O. The van der Waals surface area contributed by atoms with Gasteiger partial charge in [-0.3, -0.25) is 4.79 Å². The third-order valence-corrected chi connectivity index (χ3v) is 1.45. The summed E-state index contributed by atoms with van der Waals surface area (Å²) in [5.41, 5.74) is 5.60. The molecule has 0 saturated heterocycles. The maximum atomic E-state index is 11.2. The molecule has 66 valence electrons. The molecule has 0 aromatic rings. The first-order valence-corrected chi connectivity index (χ1v) is 4.01. The van der Waals surface area contributed by atoms with Gasteiger partial charge in [0.2, 0.25) is 5.91 Å². The third-order valence-electron chi connectivity index (χ3n) is 1.45. The Kier molecular flexibility index (Phi) is 4.11. The molecule has 1 amide bonds. The van der Waals surface area contributed by atoms with Crippen LogP contribution < -0.4 is 11.1 Å². The van der Waals surface area contributed by atoms with Gasteiger partial charge in [-0.1, -0.05) is 13.8 Å². The topological polar surface area (TPSA) is 55.1 Å². The molecule has 0 rings (SSSR count). The minimum Gasteiger partial charge on any atom is -0.353 e. The van der Waals surface area contributed by atoms with Crippen LogP contribution in [0.5, 0.6) is 0 Å². The number of carbonyl (C=O) groups is 1. The fraction of sp³-hybridized carbons (Fsp3) is 0.875. The summed E-state index contributed by atoms with van der Waals surface area (Å²) in [5.74, 6) is 0.142. The van der Waals surface area contributed by atoms with Crippen molar-refractivity contribution in [1.82, 2.24) is 5.32 Å². The van der Waals surface area contributed by atoms with E-state index in [1.54, 1.807) is 0 Å². The number of hydrogen-bond donors (Lipinski definition) is 2. The van der Waals surface area contributed by atoms with E-state index in [4.69, 9.17) is 5.73 Å². The number of carbonyl (C=O) groups excluding carboxylic acids is 1. The van der Waals surface area contributed by atoms with E-state index in [9.17, 15) is 4.79 Å². The van der Waals surface area contributed by atoms with E-state index < -0.39 is 0 Å². The van der Waals surface area contributed by atoms with Crippen molar-refractivity contribution < 1.29 is 4.79 Å². The summed E-state index contributed by atoms with van der Waals surface area (Å²) < 4.78 is 0. The first-order valence-electron chi connectivity index (χ1n) is 4.01. The van der Waals surface area contributed by atoms with Crippen molar-refractivity contribution in [1.29, 1.82) is 0 Å². The van der Waals surface area contributed by atoms with E-state index in [1.807, 2.05) is 27.7 Å². The molecule has 0 radical (unpaired) electrons. The molecule has 1 atom stereocenters. The summed E-state index contributed by atoms with van der Waals surface area (Å²) in [6, 6.07) is -0.204. The monoisotopic (exact) mass is 158 g/mol. The molecule has 0 saturated carbocycles. The predicted octanol–water partition coefficient (Wildman–Crippen LogP) is 0.494. The number of amides is 1. The van der Waals surface area contributed by atoms with E-state index in [0.717, 1.165) is 0 Å². The number of nitrogens with one attached hydrogen (secondary N) is 1. The molecule has 0 spiro atoms. The van der Waals surface area contributed by atoms with Crippen LogP contribution in [-0.2, 0) is 4.79 Å². The van der Waals surface area contributed by atoms with Gasteiger partial charge in [0.15, 0.2) is 0 Å². The average molecular weight is 158 g/mol. The first kappa shape index (κ1) is 10.4. The molecule has 0 bridgehead atoms. The van der Waals surface area contributed by atoms with Crippen LogP contribution in [0.3, 0.4) is 0 Å². The Morgan fingerprint density at radius 2 is 1.73 bits per heavy atom. The molecule has 0 heterocycles. The standard InChI is InChI=1S/C8H18N2O/c1-5(2)7(9)8(11)10-6(3)4/h5-7H,9H2,1-4H3,(H,10,11). The molecule has 0 aromatic carbocycles. The number of nitrogens with two attached hydrogens (primary N) is 1. The second-order valence-corrected chi connectivity index (χ2v) is 3.43. The SMILES string of the molecule is CC(C)NC(=O)C(N)C(C)C. The largest absolute Gasteiger partial charge is 0.353 e. The van der Waals surface area contributed by atoms with Crippen molar-refractivity contribution in [2.45, 2.75) is 39.8 Å². The second-order valence-electron chi connectivity index (χ2n) is 3.43. The Labute approximate surface area is 68.3 Å². The van der Waals surface area contributed by atoms with Gasteiger partial charge in [-0.15, -0.1) is 0 Å². The second kappa shape index (κ2) is 4.34. The molecule has 3 heteroatoms. The lowest BCUT2D eigenvalue weighted by atomic mass is 10.0. The molecule has 11 heavy (non-hydrogen) atoms. The van der Waals surface area contributed by atoms with Gasteiger partial charge in [0.05, 0.1) is 6.04 Å². The van der Waals surface area contributed by atoms with Gasteiger partial charge in [-0.25, -0.2) is 0 Å². The normalized spacial score (nSPS) is 13.7. The zero-order chi connectivity index (χ0) is 9.02. The summed E-state index contributed by atoms with van der Waals surface area (Å²) in [4.78, 5) is 11.2. The number of rotatable bonds is 3. The summed E-state index contributed by atoms with van der Waals surface area (Å²) in [6.45, 7) is 7.71. The zero-order valence-electron chi connectivity index (χ0n) is 7.72. The minimum atomic E-state index is -0.377. The highest BCUT2D eigenvalue weighted by Gasteiger charge is 2.16.